The minimum atomic E-state index is -0.691. The maximum atomic E-state index is 10.5. The summed E-state index contributed by atoms with van der Waals surface area (Å²) >= 11 is 0. The highest BCUT2D eigenvalue weighted by molar-refractivity contribution is 4.75. The Morgan fingerprint density at radius 3 is 2.71 bits per heavy atom. The second kappa shape index (κ2) is 4.44. The van der Waals surface area contributed by atoms with Crippen LogP contribution in [0.4, 0.5) is 0 Å². The predicted molar refractivity (Wildman–Crippen MR) is 49.9 cm³/mol. The zero-order valence-electron chi connectivity index (χ0n) is 8.20. The Labute approximate surface area is 82.3 Å². The molecule has 0 saturated heterocycles. The topological polar surface area (TPSA) is 56.2 Å². The fourth-order valence-electron chi connectivity index (χ4n) is 2.12. The summed E-state index contributed by atoms with van der Waals surface area (Å²) in [6.07, 6.45) is 8.46. The average Bonchev–Trinajstić information content (AvgIpc) is 2.63. The number of rotatable bonds is 3. The summed E-state index contributed by atoms with van der Waals surface area (Å²) in [6, 6.07) is 0. The lowest BCUT2D eigenvalue weighted by atomic mass is 9.86. The standard InChI is InChI=1S/C10H15NO3/c12-10-13-9(11-14-10)7-6-8-4-2-1-3-5-8/h8H,1-7H2. The third-order valence-corrected chi connectivity index (χ3v) is 2.91. The van der Waals surface area contributed by atoms with E-state index in [9.17, 15) is 4.79 Å². The highest BCUT2D eigenvalue weighted by atomic mass is 16.6. The molecule has 0 unspecified atom stereocenters. The van der Waals surface area contributed by atoms with Gasteiger partial charge in [0.25, 0.3) is 0 Å². The predicted octanol–water partition coefficient (Wildman–Crippen LogP) is 2.14. The second-order valence-corrected chi connectivity index (χ2v) is 3.97. The van der Waals surface area contributed by atoms with E-state index in [0.29, 0.717) is 5.89 Å². The molecule has 1 fully saturated rings. The summed E-state index contributed by atoms with van der Waals surface area (Å²) in [7, 11) is 0. The Hall–Kier alpha value is -1.06. The maximum Gasteiger partial charge on any atom is 0.542 e. The van der Waals surface area contributed by atoms with Crippen LogP contribution in [0.25, 0.3) is 0 Å². The van der Waals surface area contributed by atoms with Crippen molar-refractivity contribution >= 4 is 0 Å². The number of hydrogen-bond acceptors (Lipinski definition) is 4. The molecule has 0 aliphatic heterocycles. The van der Waals surface area contributed by atoms with Crippen molar-refractivity contribution in [2.45, 2.75) is 44.9 Å². The van der Waals surface area contributed by atoms with E-state index in [1.165, 1.54) is 32.1 Å². The molecule has 0 bridgehead atoms. The van der Waals surface area contributed by atoms with E-state index in [1.54, 1.807) is 0 Å². The highest BCUT2D eigenvalue weighted by Gasteiger charge is 2.14. The van der Waals surface area contributed by atoms with E-state index in [-0.39, 0.29) is 0 Å². The van der Waals surface area contributed by atoms with Crippen molar-refractivity contribution in [1.29, 1.82) is 0 Å². The molecule has 2 rings (SSSR count). The maximum absolute atomic E-state index is 10.5. The van der Waals surface area contributed by atoms with E-state index >= 15 is 0 Å². The third-order valence-electron chi connectivity index (χ3n) is 2.91. The van der Waals surface area contributed by atoms with Gasteiger partial charge in [0.05, 0.1) is 0 Å². The van der Waals surface area contributed by atoms with Crippen molar-refractivity contribution in [2.24, 2.45) is 5.92 Å². The molecule has 4 nitrogen and oxygen atoms in total. The van der Waals surface area contributed by atoms with Gasteiger partial charge in [-0.25, -0.2) is 4.79 Å². The Kier molecular flexibility index (Phi) is 3.01. The largest absolute Gasteiger partial charge is 0.542 e. The molecule has 0 N–H and O–H groups in total. The van der Waals surface area contributed by atoms with Gasteiger partial charge < -0.3 is 4.42 Å². The van der Waals surface area contributed by atoms with Crippen LogP contribution in [0, 0.1) is 5.92 Å². The lowest BCUT2D eigenvalue weighted by molar-refractivity contribution is 0.323. The number of hydrogen-bond donors (Lipinski definition) is 0. The Morgan fingerprint density at radius 1 is 1.29 bits per heavy atom. The Balaban J connectivity index is 1.78. The minimum absolute atomic E-state index is 0.445. The van der Waals surface area contributed by atoms with Crippen molar-refractivity contribution in [2.75, 3.05) is 0 Å². The first-order valence-electron chi connectivity index (χ1n) is 5.30. The summed E-state index contributed by atoms with van der Waals surface area (Å²) in [5, 5.41) is 3.55. The van der Waals surface area contributed by atoms with Crippen LogP contribution in [0.3, 0.4) is 0 Å². The fraction of sp³-hybridized carbons (Fsp3) is 0.800. The van der Waals surface area contributed by atoms with Gasteiger partial charge in [0.15, 0.2) is 0 Å². The fourth-order valence-corrected chi connectivity index (χ4v) is 2.12. The lowest BCUT2D eigenvalue weighted by Crippen LogP contribution is -2.07. The summed E-state index contributed by atoms with van der Waals surface area (Å²) in [5.41, 5.74) is 0. The van der Waals surface area contributed by atoms with Gasteiger partial charge in [0.1, 0.15) is 0 Å². The van der Waals surface area contributed by atoms with E-state index < -0.39 is 5.82 Å². The van der Waals surface area contributed by atoms with E-state index in [1.807, 2.05) is 0 Å². The van der Waals surface area contributed by atoms with E-state index in [0.717, 1.165) is 18.8 Å². The summed E-state index contributed by atoms with van der Waals surface area (Å²) < 4.78 is 9.07. The first-order valence-corrected chi connectivity index (χ1v) is 5.30. The lowest BCUT2D eigenvalue weighted by Gasteiger charge is -2.20. The Bertz CT molecular complexity index is 322. The second-order valence-electron chi connectivity index (χ2n) is 3.97. The summed E-state index contributed by atoms with van der Waals surface area (Å²) in [6.45, 7) is 0. The highest BCUT2D eigenvalue weighted by Crippen LogP contribution is 2.26. The normalized spacial score (nSPS) is 18.6. The van der Waals surface area contributed by atoms with Crippen LogP contribution in [0.1, 0.15) is 44.4 Å². The molecule has 0 amide bonds. The molecule has 0 spiro atoms. The van der Waals surface area contributed by atoms with Crippen LogP contribution < -0.4 is 5.82 Å². The van der Waals surface area contributed by atoms with Crippen LogP contribution in [0.5, 0.6) is 0 Å². The quantitative estimate of drug-likeness (QED) is 0.744. The van der Waals surface area contributed by atoms with E-state index in [4.69, 9.17) is 4.42 Å². The average molecular weight is 197 g/mol. The Morgan fingerprint density at radius 2 is 2.07 bits per heavy atom. The molecule has 1 heterocycles. The minimum Gasteiger partial charge on any atom is -0.375 e. The van der Waals surface area contributed by atoms with Crippen LogP contribution in [0.2, 0.25) is 0 Å². The summed E-state index contributed by atoms with van der Waals surface area (Å²) in [5.74, 6) is 0.537. The third kappa shape index (κ3) is 2.47. The number of nitrogens with zero attached hydrogens (tertiary/aromatic N) is 1. The monoisotopic (exact) mass is 197 g/mol. The first kappa shape index (κ1) is 9.49. The van der Waals surface area contributed by atoms with Gasteiger partial charge in [-0.3, -0.25) is 4.52 Å². The van der Waals surface area contributed by atoms with Gasteiger partial charge in [-0.15, -0.1) is 0 Å². The number of aromatic nitrogens is 1. The zero-order chi connectivity index (χ0) is 9.80. The van der Waals surface area contributed by atoms with Crippen molar-refractivity contribution in [1.82, 2.24) is 5.16 Å². The van der Waals surface area contributed by atoms with Crippen LogP contribution >= 0.6 is 0 Å². The van der Waals surface area contributed by atoms with Gasteiger partial charge in [-0.2, -0.15) is 0 Å². The van der Waals surface area contributed by atoms with Gasteiger partial charge in [0.2, 0.25) is 5.89 Å². The van der Waals surface area contributed by atoms with Gasteiger partial charge >= 0.3 is 5.82 Å². The smallest absolute Gasteiger partial charge is 0.375 e. The summed E-state index contributed by atoms with van der Waals surface area (Å²) in [4.78, 5) is 10.5. The van der Waals surface area contributed by atoms with Crippen molar-refractivity contribution in [3.8, 4) is 0 Å². The molecular formula is C10H15NO3. The molecule has 1 saturated carbocycles. The molecule has 1 aromatic rings. The van der Waals surface area contributed by atoms with Gasteiger partial charge in [-0.1, -0.05) is 32.1 Å². The van der Waals surface area contributed by atoms with Gasteiger partial charge in [0, 0.05) is 6.42 Å². The van der Waals surface area contributed by atoms with Crippen LogP contribution in [0.15, 0.2) is 13.7 Å². The molecule has 0 atom stereocenters. The molecule has 78 valence electrons. The van der Waals surface area contributed by atoms with E-state index in [2.05, 4.69) is 9.68 Å². The van der Waals surface area contributed by atoms with Crippen molar-refractivity contribution in [3.05, 3.63) is 16.5 Å². The molecule has 1 aliphatic carbocycles. The van der Waals surface area contributed by atoms with Crippen molar-refractivity contribution < 1.29 is 8.94 Å². The molecule has 4 heteroatoms. The molecule has 1 aromatic heterocycles. The van der Waals surface area contributed by atoms with Crippen molar-refractivity contribution in [3.63, 3.8) is 0 Å². The SMILES string of the molecule is O=c1onc(CCC2CCCCC2)o1. The zero-order valence-corrected chi connectivity index (χ0v) is 8.20. The van der Waals surface area contributed by atoms with Crippen LogP contribution in [-0.4, -0.2) is 5.16 Å². The van der Waals surface area contributed by atoms with Crippen LogP contribution in [-0.2, 0) is 6.42 Å². The molecular weight excluding hydrogens is 182 g/mol. The molecule has 14 heavy (non-hydrogen) atoms. The van der Waals surface area contributed by atoms with Gasteiger partial charge in [-0.05, 0) is 17.5 Å². The molecule has 0 aromatic carbocycles. The number of aryl methyl sites for hydroxylation is 1. The molecule has 1 aliphatic rings. The molecule has 0 radical (unpaired) electrons. The first-order chi connectivity index (χ1) is 6.84.